The predicted molar refractivity (Wildman–Crippen MR) is 116 cm³/mol. The topological polar surface area (TPSA) is 95.9 Å². The van der Waals surface area contributed by atoms with E-state index in [1.165, 1.54) is 17.9 Å². The van der Waals surface area contributed by atoms with E-state index in [4.69, 9.17) is 22.1 Å². The van der Waals surface area contributed by atoms with Crippen LogP contribution in [0.1, 0.15) is 23.6 Å². The monoisotopic (exact) mass is 424 g/mol. The van der Waals surface area contributed by atoms with E-state index in [0.29, 0.717) is 11.3 Å². The summed E-state index contributed by atoms with van der Waals surface area (Å²) in [5, 5.41) is 11.6. The quantitative estimate of drug-likeness (QED) is 0.435. The number of hydrogen-bond acceptors (Lipinski definition) is 5. The van der Waals surface area contributed by atoms with E-state index in [2.05, 4.69) is 5.32 Å². The number of aliphatic carboxylic acids is 1. The van der Waals surface area contributed by atoms with Crippen LogP contribution in [0.5, 0.6) is 5.75 Å². The smallest absolute Gasteiger partial charge is 0.344 e. The van der Waals surface area contributed by atoms with Crippen molar-refractivity contribution < 1.29 is 24.2 Å². The number of para-hydroxylation sites is 1. The highest BCUT2D eigenvalue weighted by Gasteiger charge is 2.34. The van der Waals surface area contributed by atoms with E-state index < -0.39 is 23.9 Å². The van der Waals surface area contributed by atoms with Gasteiger partial charge in [-0.3, -0.25) is 19.8 Å². The molecule has 0 spiro atoms. The molecule has 154 valence electrons. The molecule has 2 aromatic rings. The van der Waals surface area contributed by atoms with Crippen molar-refractivity contribution in [2.75, 3.05) is 4.90 Å². The van der Waals surface area contributed by atoms with Gasteiger partial charge in [-0.05, 0) is 68.4 Å². The summed E-state index contributed by atoms with van der Waals surface area (Å²) in [6.07, 6.45) is 0.275. The molecule has 0 aliphatic carbocycles. The molecule has 1 aliphatic rings. The molecular formula is C22H20N2O5S. The SMILES string of the molecule is Cc1ccc(N2C(=O)/C(=C/c3ccccc3O[C@@H](C)C(=O)O)C(=O)NC2=S)cc1C. The summed E-state index contributed by atoms with van der Waals surface area (Å²) in [6, 6.07) is 12.0. The Morgan fingerprint density at radius 2 is 1.87 bits per heavy atom. The number of rotatable bonds is 5. The second kappa shape index (κ2) is 8.46. The molecule has 8 heteroatoms. The van der Waals surface area contributed by atoms with Gasteiger partial charge in [-0.25, -0.2) is 4.79 Å². The van der Waals surface area contributed by atoms with Crippen molar-refractivity contribution in [1.29, 1.82) is 0 Å². The van der Waals surface area contributed by atoms with Crippen molar-refractivity contribution in [2.45, 2.75) is 26.9 Å². The van der Waals surface area contributed by atoms with Crippen molar-refractivity contribution in [1.82, 2.24) is 5.32 Å². The number of amides is 2. The van der Waals surface area contributed by atoms with E-state index >= 15 is 0 Å². The highest BCUT2D eigenvalue weighted by molar-refractivity contribution is 7.80. The Kier molecular flexibility index (Phi) is 5.98. The maximum Gasteiger partial charge on any atom is 0.344 e. The van der Waals surface area contributed by atoms with E-state index in [1.807, 2.05) is 26.0 Å². The van der Waals surface area contributed by atoms with Crippen LogP contribution in [0.25, 0.3) is 6.08 Å². The first-order valence-corrected chi connectivity index (χ1v) is 9.57. The third kappa shape index (κ3) is 4.23. The van der Waals surface area contributed by atoms with Gasteiger partial charge in [0.25, 0.3) is 11.8 Å². The number of thiocarbonyl (C=S) groups is 1. The molecule has 1 aliphatic heterocycles. The van der Waals surface area contributed by atoms with Gasteiger partial charge in [0.1, 0.15) is 11.3 Å². The Hall–Kier alpha value is -3.52. The minimum Gasteiger partial charge on any atom is -0.479 e. The lowest BCUT2D eigenvalue weighted by Crippen LogP contribution is -2.54. The van der Waals surface area contributed by atoms with Crippen molar-refractivity contribution in [3.63, 3.8) is 0 Å². The molecule has 0 saturated carbocycles. The number of hydrogen-bond donors (Lipinski definition) is 2. The van der Waals surface area contributed by atoms with Gasteiger partial charge in [0, 0.05) is 5.56 Å². The first kappa shape index (κ1) is 21.2. The minimum absolute atomic E-state index is 0.00515. The minimum atomic E-state index is -1.13. The summed E-state index contributed by atoms with van der Waals surface area (Å²) < 4.78 is 5.45. The van der Waals surface area contributed by atoms with E-state index in [-0.39, 0.29) is 16.4 Å². The highest BCUT2D eigenvalue weighted by atomic mass is 32.1. The Morgan fingerprint density at radius 1 is 1.17 bits per heavy atom. The van der Waals surface area contributed by atoms with Gasteiger partial charge in [0.05, 0.1) is 5.69 Å². The molecule has 1 fully saturated rings. The Morgan fingerprint density at radius 3 is 2.53 bits per heavy atom. The molecule has 3 rings (SSSR count). The number of anilines is 1. The van der Waals surface area contributed by atoms with Crippen LogP contribution < -0.4 is 15.0 Å². The molecule has 0 unspecified atom stereocenters. The van der Waals surface area contributed by atoms with Crippen molar-refractivity contribution >= 4 is 46.9 Å². The second-order valence-electron chi connectivity index (χ2n) is 6.86. The maximum atomic E-state index is 13.2. The van der Waals surface area contributed by atoms with Gasteiger partial charge in [-0.15, -0.1) is 0 Å². The van der Waals surface area contributed by atoms with Crippen LogP contribution in [0.4, 0.5) is 5.69 Å². The summed E-state index contributed by atoms with van der Waals surface area (Å²) in [6.45, 7) is 5.27. The lowest BCUT2D eigenvalue weighted by molar-refractivity contribution is -0.144. The standard InChI is InChI=1S/C22H20N2O5S/c1-12-8-9-16(10-13(12)2)24-20(26)17(19(25)23-22(24)30)11-15-6-4-5-7-18(15)29-14(3)21(27)28/h4-11,14H,1-3H3,(H,27,28)(H,23,25,30)/b17-11+/t14-/m0/s1. The zero-order valence-electron chi connectivity index (χ0n) is 16.6. The van der Waals surface area contributed by atoms with Crippen LogP contribution in [-0.4, -0.2) is 34.1 Å². The maximum absolute atomic E-state index is 13.2. The van der Waals surface area contributed by atoms with Crippen molar-refractivity contribution in [3.8, 4) is 5.75 Å². The lowest BCUT2D eigenvalue weighted by Gasteiger charge is -2.29. The predicted octanol–water partition coefficient (Wildman–Crippen LogP) is 2.99. The van der Waals surface area contributed by atoms with Gasteiger partial charge in [-0.2, -0.15) is 0 Å². The summed E-state index contributed by atoms with van der Waals surface area (Å²) in [5.41, 5.74) is 2.85. The molecule has 30 heavy (non-hydrogen) atoms. The molecule has 1 heterocycles. The number of carbonyl (C=O) groups excluding carboxylic acids is 2. The van der Waals surface area contributed by atoms with E-state index in [1.54, 1.807) is 30.3 Å². The first-order valence-electron chi connectivity index (χ1n) is 9.16. The molecule has 0 bridgehead atoms. The zero-order valence-corrected chi connectivity index (χ0v) is 17.4. The molecule has 2 amide bonds. The highest BCUT2D eigenvalue weighted by Crippen LogP contribution is 2.27. The van der Waals surface area contributed by atoms with Crippen molar-refractivity contribution in [3.05, 3.63) is 64.7 Å². The van der Waals surface area contributed by atoms with Gasteiger partial charge in [-0.1, -0.05) is 24.3 Å². The Bertz CT molecular complexity index is 1090. The summed E-state index contributed by atoms with van der Waals surface area (Å²) >= 11 is 5.22. The molecule has 1 atom stereocenters. The van der Waals surface area contributed by atoms with E-state index in [0.717, 1.165) is 11.1 Å². The molecule has 0 aromatic heterocycles. The largest absolute Gasteiger partial charge is 0.479 e. The van der Waals surface area contributed by atoms with Crippen LogP contribution in [0.3, 0.4) is 0 Å². The van der Waals surface area contributed by atoms with Crippen molar-refractivity contribution in [2.24, 2.45) is 0 Å². The van der Waals surface area contributed by atoms with Gasteiger partial charge in [0.2, 0.25) is 0 Å². The number of nitrogens with zero attached hydrogens (tertiary/aromatic N) is 1. The number of carbonyl (C=O) groups is 3. The Labute approximate surface area is 179 Å². The van der Waals surface area contributed by atoms with E-state index in [9.17, 15) is 14.4 Å². The third-order valence-corrected chi connectivity index (χ3v) is 5.01. The van der Waals surface area contributed by atoms with Crippen LogP contribution in [0.2, 0.25) is 0 Å². The average molecular weight is 424 g/mol. The molecule has 2 aromatic carbocycles. The fourth-order valence-electron chi connectivity index (χ4n) is 2.86. The van der Waals surface area contributed by atoms with Crippen LogP contribution >= 0.6 is 12.2 Å². The number of carboxylic acid groups (broad SMARTS) is 1. The third-order valence-electron chi connectivity index (χ3n) is 4.72. The van der Waals surface area contributed by atoms with Crippen LogP contribution in [-0.2, 0) is 14.4 Å². The molecular weight excluding hydrogens is 404 g/mol. The normalized spacial score (nSPS) is 16.4. The Balaban J connectivity index is 2.01. The summed E-state index contributed by atoms with van der Waals surface area (Å²) in [4.78, 5) is 38.1. The van der Waals surface area contributed by atoms with Gasteiger partial charge >= 0.3 is 5.97 Å². The number of benzene rings is 2. The fourth-order valence-corrected chi connectivity index (χ4v) is 3.14. The molecule has 1 saturated heterocycles. The molecule has 2 N–H and O–H groups in total. The second-order valence-corrected chi connectivity index (χ2v) is 7.25. The fraction of sp³-hybridized carbons (Fsp3) is 0.182. The average Bonchev–Trinajstić information content (AvgIpc) is 2.68. The number of carboxylic acids is 1. The van der Waals surface area contributed by atoms with Gasteiger partial charge in [0.15, 0.2) is 11.2 Å². The molecule has 0 radical (unpaired) electrons. The molecule has 7 nitrogen and oxygen atoms in total. The van der Waals surface area contributed by atoms with Crippen LogP contribution in [0.15, 0.2) is 48.0 Å². The first-order chi connectivity index (χ1) is 14.2. The lowest BCUT2D eigenvalue weighted by atomic mass is 10.0. The zero-order chi connectivity index (χ0) is 22.0. The van der Waals surface area contributed by atoms with Crippen LogP contribution in [0, 0.1) is 13.8 Å². The summed E-state index contributed by atoms with van der Waals surface area (Å²) in [7, 11) is 0. The number of nitrogens with one attached hydrogen (secondary N) is 1. The summed E-state index contributed by atoms with van der Waals surface area (Å²) in [5.74, 6) is -2.10. The number of ether oxygens (including phenoxy) is 1. The van der Waals surface area contributed by atoms with Gasteiger partial charge < -0.3 is 9.84 Å². The number of aryl methyl sites for hydroxylation is 2.